The molecule has 3 fully saturated rings. The van der Waals surface area contributed by atoms with Gasteiger partial charge in [-0.3, -0.25) is 37.9 Å². The maximum Gasteiger partial charge on any atom is 0.698 e. The van der Waals surface area contributed by atoms with Gasteiger partial charge >= 0.3 is 22.6 Å². The summed E-state index contributed by atoms with van der Waals surface area (Å²) in [4.78, 5) is 114. The monoisotopic (exact) mass is 1350 g/mol. The second-order valence-electron chi connectivity index (χ2n) is 22.8. The number of carbonyl (C=O) groups is 6. The summed E-state index contributed by atoms with van der Waals surface area (Å²) in [7, 11) is -4.88. The number of amides is 6. The lowest BCUT2D eigenvalue weighted by molar-refractivity contribution is -0.132. The molecule has 2 unspecified atom stereocenters. The van der Waals surface area contributed by atoms with Crippen LogP contribution in [0.25, 0.3) is 22.2 Å². The molecule has 496 valence electrons. The van der Waals surface area contributed by atoms with Gasteiger partial charge in [0.2, 0.25) is 29.5 Å². The molecule has 4 aromatic heterocycles. The lowest BCUT2D eigenvalue weighted by atomic mass is 10.0. The molecule has 3 saturated heterocycles. The van der Waals surface area contributed by atoms with Crippen LogP contribution in [0, 0.1) is 23.6 Å². The average molecular weight is 1350 g/mol. The molecule has 0 spiro atoms. The summed E-state index contributed by atoms with van der Waals surface area (Å²) in [5.41, 5.74) is 2.95. The Labute approximate surface area is 540 Å². The summed E-state index contributed by atoms with van der Waals surface area (Å²) in [6, 6.07) is 19.3. The van der Waals surface area contributed by atoms with Crippen LogP contribution >= 0.6 is 16.5 Å². The third-order valence-corrected chi connectivity index (χ3v) is 17.5. The fourth-order valence-electron chi connectivity index (χ4n) is 10.9. The number of aromatic nitrogens is 7. The van der Waals surface area contributed by atoms with Crippen molar-refractivity contribution in [3.8, 4) is 11.8 Å². The summed E-state index contributed by atoms with van der Waals surface area (Å²) in [6.07, 6.45) is -9.68. The van der Waals surface area contributed by atoms with Gasteiger partial charge in [0.1, 0.15) is 61.9 Å². The van der Waals surface area contributed by atoms with Crippen LogP contribution in [0.5, 0.6) is 0 Å². The summed E-state index contributed by atoms with van der Waals surface area (Å²) in [6.45, 7) is 3.86. The number of aliphatic hydroxyl groups is 1. The Balaban J connectivity index is 0.608. The highest BCUT2D eigenvalue weighted by molar-refractivity contribution is 7.33. The number of alkyl halides is 1. The van der Waals surface area contributed by atoms with E-state index in [9.17, 15) is 52.2 Å². The van der Waals surface area contributed by atoms with Gasteiger partial charge in [-0.25, -0.2) is 33.5 Å². The Morgan fingerprint density at radius 1 is 0.800 bits per heavy atom. The first-order chi connectivity index (χ1) is 45.7. The first kappa shape index (κ1) is 67.0. The molecule has 34 heteroatoms. The van der Waals surface area contributed by atoms with E-state index >= 15 is 4.39 Å². The Kier molecular flexibility index (Phi) is 20.8. The molecule has 0 radical (unpaired) electrons. The van der Waals surface area contributed by atoms with E-state index in [2.05, 4.69) is 58.0 Å². The Bertz CT molecular complexity index is 4240. The van der Waals surface area contributed by atoms with Crippen LogP contribution in [0.2, 0.25) is 0 Å². The number of para-hydroxylation sites is 1. The quantitative estimate of drug-likeness (QED) is 0.0448. The third-order valence-electron chi connectivity index (χ3n) is 16.0. The van der Waals surface area contributed by atoms with Gasteiger partial charge in [-0.2, -0.15) is 0 Å². The highest BCUT2D eigenvalue weighted by Crippen LogP contribution is 2.46. The molecule has 6 amide bonds. The Hall–Kier alpha value is -9.41. The van der Waals surface area contributed by atoms with Crippen molar-refractivity contribution in [3.63, 3.8) is 0 Å². The van der Waals surface area contributed by atoms with Crippen molar-refractivity contribution >= 4 is 91.5 Å². The summed E-state index contributed by atoms with van der Waals surface area (Å²) in [5.74, 6) is 2.46. The second-order valence-corrected chi connectivity index (χ2v) is 24.7. The highest BCUT2D eigenvalue weighted by Gasteiger charge is 2.57. The first-order valence-corrected chi connectivity index (χ1v) is 32.1. The number of fused-ring (bicyclic) bond motifs is 7. The molecule has 6 N–H and O–H groups in total. The van der Waals surface area contributed by atoms with Crippen LogP contribution in [-0.4, -0.2) is 155 Å². The lowest BCUT2D eigenvalue weighted by Crippen LogP contribution is -2.53. The summed E-state index contributed by atoms with van der Waals surface area (Å²) >= 11 is 0. The Morgan fingerprint density at radius 3 is 2.27 bits per heavy atom. The number of aliphatic hydroxyl groups excluding tert-OH is 1. The number of anilines is 3. The van der Waals surface area contributed by atoms with E-state index in [-0.39, 0.29) is 79.8 Å². The highest BCUT2D eigenvalue weighted by atomic mass is 31.1. The molecule has 7 aromatic rings. The van der Waals surface area contributed by atoms with Gasteiger partial charge in [0, 0.05) is 65.0 Å². The SMILES string of the molecule is CC(C)[C@H](NC(=O)CCC(=O)N1Cc2ccccc2C#Cc2ccccc21)C(=O)N[C@@H](C)C(=O)Nc1ccc(COC(=O)N(C)CCCC(=O)Nc2ncnc3c2ncn3[C@@H]2O[C@@H]3CO[P+](=O)O[C@@H]4[C@H](O)[C@@H](CO[P+](=O)O[C@H]3[C@H]2F)O[C@H]4n2cc(F)c3c(=O)[nH]cnc32)cc1. The zero-order chi connectivity index (χ0) is 67.2. The molecule has 4 aliphatic rings. The van der Waals surface area contributed by atoms with Crippen LogP contribution < -0.4 is 31.7 Å². The van der Waals surface area contributed by atoms with Crippen LogP contribution in [0.15, 0.2) is 103 Å². The normalized spacial score (nSPS) is 22.4. The van der Waals surface area contributed by atoms with E-state index in [1.807, 2.05) is 48.5 Å². The molecule has 12 atom stereocenters. The number of benzene rings is 3. The zero-order valence-corrected chi connectivity index (χ0v) is 52.9. The number of H-pyrrole nitrogens is 1. The van der Waals surface area contributed by atoms with Crippen molar-refractivity contribution in [1.82, 2.24) is 49.6 Å². The number of nitrogens with one attached hydrogen (secondary N) is 5. The number of aromatic amines is 1. The minimum atomic E-state index is -3.18. The number of carbonyl (C=O) groups excluding carboxylic acids is 6. The van der Waals surface area contributed by atoms with Crippen LogP contribution in [0.4, 0.5) is 30.8 Å². The number of ether oxygens (including phenoxy) is 3. The molecule has 0 aliphatic carbocycles. The van der Waals surface area contributed by atoms with E-state index < -0.39 is 137 Å². The van der Waals surface area contributed by atoms with Crippen molar-refractivity contribution in [2.45, 2.75) is 121 Å². The van der Waals surface area contributed by atoms with Gasteiger partial charge in [0.05, 0.1) is 24.9 Å². The molecule has 95 heavy (non-hydrogen) atoms. The number of imidazole rings is 1. The molecule has 11 rings (SSSR count). The maximum absolute atomic E-state index is 16.5. The van der Waals surface area contributed by atoms with E-state index in [0.29, 0.717) is 22.5 Å². The number of halogens is 2. The van der Waals surface area contributed by atoms with Crippen molar-refractivity contribution in [3.05, 3.63) is 136 Å². The average Bonchev–Trinajstić information content (AvgIpc) is 1.65. The predicted molar refractivity (Wildman–Crippen MR) is 331 cm³/mol. The van der Waals surface area contributed by atoms with E-state index in [0.717, 1.165) is 40.9 Å². The minimum Gasteiger partial charge on any atom is -0.445 e. The molecule has 30 nitrogen and oxygen atoms in total. The Morgan fingerprint density at radius 2 is 1.51 bits per heavy atom. The summed E-state index contributed by atoms with van der Waals surface area (Å²) < 4.78 is 99.4. The lowest BCUT2D eigenvalue weighted by Gasteiger charge is -2.26. The predicted octanol–water partition coefficient (Wildman–Crippen LogP) is 5.63. The number of nitrogens with zero attached hydrogens (tertiary/aromatic N) is 8. The van der Waals surface area contributed by atoms with Crippen molar-refractivity contribution in [1.29, 1.82) is 0 Å². The van der Waals surface area contributed by atoms with Crippen molar-refractivity contribution < 1.29 is 84.1 Å². The van der Waals surface area contributed by atoms with Crippen LogP contribution in [-0.2, 0) is 78.6 Å². The zero-order valence-electron chi connectivity index (χ0n) is 51.2. The van der Waals surface area contributed by atoms with Gasteiger partial charge in [-0.1, -0.05) is 68.2 Å². The van der Waals surface area contributed by atoms with Crippen LogP contribution in [0.3, 0.4) is 0 Å². The topological polar surface area (TPSA) is 370 Å². The van der Waals surface area contributed by atoms with Gasteiger partial charge in [-0.15, -0.1) is 18.1 Å². The van der Waals surface area contributed by atoms with Crippen molar-refractivity contribution in [2.24, 2.45) is 5.92 Å². The molecular formula is C61H63F2N13O17P2+2. The smallest absolute Gasteiger partial charge is 0.445 e. The number of hydrogen-bond acceptors (Lipinski definition) is 21. The van der Waals surface area contributed by atoms with Crippen LogP contribution in [0.1, 0.15) is 81.2 Å². The van der Waals surface area contributed by atoms with E-state index in [1.165, 1.54) is 23.4 Å². The molecule has 8 heterocycles. The van der Waals surface area contributed by atoms with Gasteiger partial charge in [-0.05, 0) is 60.7 Å². The largest absolute Gasteiger partial charge is 0.698 e. The molecule has 0 saturated carbocycles. The van der Waals surface area contributed by atoms with Gasteiger partial charge < -0.3 is 55.4 Å². The summed E-state index contributed by atoms with van der Waals surface area (Å²) in [5, 5.41) is 21.5. The van der Waals surface area contributed by atoms with E-state index in [1.54, 1.807) is 43.0 Å². The molecular weight excluding hydrogens is 1290 g/mol. The third kappa shape index (κ3) is 15.2. The van der Waals surface area contributed by atoms with Gasteiger partial charge in [0.15, 0.2) is 59.3 Å². The fraction of sp³-hybridized carbons (Fsp3) is 0.393. The second kappa shape index (κ2) is 29.5. The molecule has 4 aliphatic heterocycles. The minimum absolute atomic E-state index is 0.0106. The molecule has 2 bridgehead atoms. The number of hydrogen-bond donors (Lipinski definition) is 6. The van der Waals surface area contributed by atoms with E-state index in [4.69, 9.17) is 32.3 Å². The standard InChI is InChI=1S/C61H61F2N13O17P2/c1-32(2)48(71-44(78)21-22-45(79)74-24-37-12-6-5-10-35(37)17-18-36-11-7-8-13-40(36)74)58(83)69-33(3)56(81)70-38-19-15-34(16-20-38)26-87-61(84)73(4)23-9-14-43(77)72-53-49-55(66-29-64-53)76(31-68-49)59-47(63)51-42(91-59)28-89-95(86)93-52-50(80)41(27-88-94(85)92-51)90-60(52)75-25-39(62)46-54(75)65-30-67-57(46)82/h5-8,10-13,15-16,19-20,25,29-33,41-42,47-48,50-52,59-60,80H,9,14,21-24,26-28H2,1-4H3,(H3-2,64,65,66,67,69,70,71,72,77,78,81,82,83)/p+2/t33-,41+,42+,47+,48-,50+,51+,52+,59+,60+/m0/s1. The number of rotatable bonds is 18. The van der Waals surface area contributed by atoms with Crippen molar-refractivity contribution in [2.75, 3.05) is 42.3 Å². The fourth-order valence-corrected chi connectivity index (χ4v) is 12.5. The molecule has 3 aromatic carbocycles. The first-order valence-electron chi connectivity index (χ1n) is 29.9. The van der Waals surface area contributed by atoms with Gasteiger partial charge in [0.25, 0.3) is 5.56 Å². The maximum atomic E-state index is 16.5.